The second kappa shape index (κ2) is 11.2. The van der Waals surface area contributed by atoms with Crippen LogP contribution < -0.4 is 14.2 Å². The monoisotopic (exact) mass is 627 g/mol. The Hall–Kier alpha value is -4.63. The molecule has 4 aromatic rings. The predicted molar refractivity (Wildman–Crippen MR) is 126 cm³/mol. The number of rotatable bonds is 6. The van der Waals surface area contributed by atoms with Gasteiger partial charge in [0.05, 0.1) is 5.69 Å². The van der Waals surface area contributed by atoms with Gasteiger partial charge in [-0.1, -0.05) is 48.5 Å². The highest BCUT2D eigenvalue weighted by Crippen LogP contribution is 2.49. The largest absolute Gasteiger partial charge is 0.573 e. The van der Waals surface area contributed by atoms with Crippen LogP contribution >= 0.6 is 0 Å². The molecule has 4 nitrogen and oxygen atoms in total. The zero-order chi connectivity index (χ0) is 31.8. The van der Waals surface area contributed by atoms with Crippen molar-refractivity contribution in [1.82, 2.24) is 4.98 Å². The van der Waals surface area contributed by atoms with Crippen molar-refractivity contribution >= 4 is 0 Å². The Kier molecular flexibility index (Phi) is 8.17. The van der Waals surface area contributed by atoms with Gasteiger partial charge in [0.25, 0.3) is 0 Å². The minimum atomic E-state index is -5.38. The maximum absolute atomic E-state index is 14.1. The molecule has 0 aliphatic carbocycles. The summed E-state index contributed by atoms with van der Waals surface area (Å²) < 4.78 is 174. The van der Waals surface area contributed by atoms with Gasteiger partial charge in [0.15, 0.2) is 0 Å². The molecule has 0 bridgehead atoms. The van der Waals surface area contributed by atoms with Crippen molar-refractivity contribution in [1.29, 1.82) is 0 Å². The molecule has 228 valence electrons. The number of halogens is 12. The van der Waals surface area contributed by atoms with Gasteiger partial charge in [-0.25, -0.2) is 4.98 Å². The Bertz CT molecular complexity index is 1530. The van der Waals surface area contributed by atoms with Crippen LogP contribution in [0.1, 0.15) is 5.69 Å². The molecule has 0 unspecified atom stereocenters. The fourth-order valence-electron chi connectivity index (χ4n) is 4.04. The van der Waals surface area contributed by atoms with Crippen molar-refractivity contribution in [3.63, 3.8) is 0 Å². The van der Waals surface area contributed by atoms with Crippen LogP contribution in [-0.4, -0.2) is 24.1 Å². The van der Waals surface area contributed by atoms with E-state index < -0.39 is 81.7 Å². The fraction of sp³-hybridized carbons (Fsp3) is 0.148. The average molecular weight is 627 g/mol. The second-order valence-corrected chi connectivity index (χ2v) is 8.41. The van der Waals surface area contributed by atoms with E-state index in [4.69, 9.17) is 0 Å². The average Bonchev–Trinajstić information content (AvgIpc) is 2.86. The van der Waals surface area contributed by atoms with E-state index in [0.717, 1.165) is 66.7 Å². The van der Waals surface area contributed by atoms with Crippen LogP contribution in [0.2, 0.25) is 0 Å². The lowest BCUT2D eigenvalue weighted by Gasteiger charge is -2.23. The molecular weight excluding hydrogens is 614 g/mol. The highest BCUT2D eigenvalue weighted by molar-refractivity contribution is 5.97. The maximum Gasteiger partial charge on any atom is 0.573 e. The van der Waals surface area contributed by atoms with Gasteiger partial charge in [-0.05, 0) is 35.9 Å². The molecule has 1 aromatic heterocycles. The molecule has 1 heterocycles. The van der Waals surface area contributed by atoms with Crippen molar-refractivity contribution in [3.05, 3.63) is 84.6 Å². The highest BCUT2D eigenvalue weighted by atomic mass is 19.4. The quantitative estimate of drug-likeness (QED) is 0.200. The van der Waals surface area contributed by atoms with E-state index in [-0.39, 0.29) is 6.07 Å². The molecule has 0 atom stereocenters. The zero-order valence-corrected chi connectivity index (χ0v) is 20.7. The Morgan fingerprint density at radius 2 is 0.814 bits per heavy atom. The first-order valence-electron chi connectivity index (χ1n) is 11.5. The van der Waals surface area contributed by atoms with Crippen LogP contribution in [0, 0.1) is 0 Å². The summed E-state index contributed by atoms with van der Waals surface area (Å²) in [6.45, 7) is 0. The predicted octanol–water partition coefficient (Wildman–Crippen LogP) is 9.80. The Balaban J connectivity index is 2.21. The lowest BCUT2D eigenvalue weighted by molar-refractivity contribution is -0.275. The molecule has 0 saturated carbocycles. The van der Waals surface area contributed by atoms with Gasteiger partial charge >= 0.3 is 25.3 Å². The number of aromatic nitrogens is 1. The third-order valence-electron chi connectivity index (χ3n) is 5.46. The van der Waals surface area contributed by atoms with Gasteiger partial charge in [-0.15, -0.1) is 39.5 Å². The number of pyridine rings is 1. The number of nitrogens with zero attached hydrogens (tertiary/aromatic N) is 1. The first-order valence-corrected chi connectivity index (χ1v) is 11.5. The van der Waals surface area contributed by atoms with Crippen molar-refractivity contribution in [2.24, 2.45) is 0 Å². The topological polar surface area (TPSA) is 40.6 Å². The van der Waals surface area contributed by atoms with Crippen molar-refractivity contribution in [3.8, 4) is 50.8 Å². The van der Waals surface area contributed by atoms with Gasteiger partial charge in [0.1, 0.15) is 22.9 Å². The normalized spacial score (nSPS) is 12.7. The molecule has 0 spiro atoms. The maximum atomic E-state index is 14.1. The summed E-state index contributed by atoms with van der Waals surface area (Å²) in [5.74, 6) is -3.24. The smallest absolute Gasteiger partial charge is 0.405 e. The number of ether oxygens (including phenoxy) is 3. The van der Waals surface area contributed by atoms with E-state index in [1.165, 1.54) is 0 Å². The van der Waals surface area contributed by atoms with E-state index >= 15 is 0 Å². The fourth-order valence-corrected chi connectivity index (χ4v) is 4.04. The molecule has 16 heteroatoms. The molecule has 0 radical (unpaired) electrons. The lowest BCUT2D eigenvalue weighted by Crippen LogP contribution is -2.19. The molecule has 3 aromatic carbocycles. The molecule has 0 saturated heterocycles. The van der Waals surface area contributed by atoms with Crippen molar-refractivity contribution in [2.75, 3.05) is 0 Å². The Morgan fingerprint density at radius 1 is 0.442 bits per heavy atom. The van der Waals surface area contributed by atoms with Gasteiger partial charge in [0, 0.05) is 22.3 Å². The summed E-state index contributed by atoms with van der Waals surface area (Å²) in [6.07, 6.45) is -21.5. The van der Waals surface area contributed by atoms with E-state index in [1.807, 2.05) is 0 Å². The van der Waals surface area contributed by atoms with E-state index in [2.05, 4.69) is 19.2 Å². The van der Waals surface area contributed by atoms with Crippen LogP contribution in [-0.2, 0) is 6.18 Å². The molecule has 0 N–H and O–H groups in total. The molecule has 0 fully saturated rings. The summed E-state index contributed by atoms with van der Waals surface area (Å²) in [5.41, 5.74) is -6.63. The van der Waals surface area contributed by atoms with Crippen molar-refractivity contribution in [2.45, 2.75) is 25.3 Å². The summed E-state index contributed by atoms with van der Waals surface area (Å²) in [5, 5.41) is 0. The SMILES string of the molecule is FC(F)(F)Oc1ccccc1-c1cc(C(F)(F)F)nc(-c2ccccc2OC(F)(F)F)c1-c1ccccc1OC(F)(F)F. The standard InChI is InChI=1S/C27H13F12NO3/c28-24(29,30)21-13-17(14-7-1-4-10-18(14)41-25(31,32)33)22(15-8-2-5-11-19(15)42-26(34,35)36)23(40-21)16-9-3-6-12-20(16)43-27(37,38)39/h1-13H. The van der Waals surface area contributed by atoms with Crippen LogP contribution in [0.3, 0.4) is 0 Å². The van der Waals surface area contributed by atoms with Crippen LogP contribution in [0.4, 0.5) is 52.7 Å². The number of hydrogen-bond donors (Lipinski definition) is 0. The summed E-state index contributed by atoms with van der Waals surface area (Å²) in [7, 11) is 0. The minimum absolute atomic E-state index is 0.231. The van der Waals surface area contributed by atoms with E-state index in [1.54, 1.807) is 0 Å². The molecule has 0 aliphatic rings. The number of alkyl halides is 12. The minimum Gasteiger partial charge on any atom is -0.405 e. The molecule has 4 rings (SSSR count). The lowest BCUT2D eigenvalue weighted by atomic mass is 9.89. The summed E-state index contributed by atoms with van der Waals surface area (Å²) in [6, 6.07) is 11.4. The zero-order valence-electron chi connectivity index (χ0n) is 20.7. The van der Waals surface area contributed by atoms with Gasteiger partial charge in [0.2, 0.25) is 0 Å². The Morgan fingerprint density at radius 3 is 1.26 bits per heavy atom. The first kappa shape index (κ1) is 31.3. The number of hydrogen-bond acceptors (Lipinski definition) is 4. The van der Waals surface area contributed by atoms with Gasteiger partial charge in [-0.3, -0.25) is 0 Å². The van der Waals surface area contributed by atoms with Gasteiger partial charge in [-0.2, -0.15) is 13.2 Å². The third kappa shape index (κ3) is 7.81. The van der Waals surface area contributed by atoms with Crippen LogP contribution in [0.15, 0.2) is 78.9 Å². The Labute approximate surface area is 233 Å². The van der Waals surface area contributed by atoms with Crippen LogP contribution in [0.5, 0.6) is 17.2 Å². The first-order chi connectivity index (χ1) is 19.8. The summed E-state index contributed by atoms with van der Waals surface area (Å²) in [4.78, 5) is 3.44. The third-order valence-corrected chi connectivity index (χ3v) is 5.46. The van der Waals surface area contributed by atoms with Crippen LogP contribution in [0.25, 0.3) is 33.5 Å². The van der Waals surface area contributed by atoms with Crippen molar-refractivity contribution < 1.29 is 66.9 Å². The van der Waals surface area contributed by atoms with Gasteiger partial charge < -0.3 is 14.2 Å². The molecule has 43 heavy (non-hydrogen) atoms. The van der Waals surface area contributed by atoms with E-state index in [0.29, 0.717) is 6.07 Å². The molecule has 0 amide bonds. The number of benzene rings is 3. The second-order valence-electron chi connectivity index (χ2n) is 8.41. The van der Waals surface area contributed by atoms with E-state index in [9.17, 15) is 52.7 Å². The molecule has 0 aliphatic heterocycles. The highest BCUT2D eigenvalue weighted by Gasteiger charge is 2.39. The number of para-hydroxylation sites is 3. The summed E-state index contributed by atoms with van der Waals surface area (Å²) >= 11 is 0. The molecular formula is C27H13F12NO3.